The number of carboxylic acid groups (broad SMARTS) is 1. The lowest BCUT2D eigenvalue weighted by atomic mass is 10.2. The smallest absolute Gasteiger partial charge is 0.326 e. The molecule has 2 heterocycles. The number of aromatic nitrogens is 2. The summed E-state index contributed by atoms with van der Waals surface area (Å²) in [6, 6.07) is 14.8. The van der Waals surface area contributed by atoms with Crippen LogP contribution in [-0.4, -0.2) is 20.6 Å². The van der Waals surface area contributed by atoms with E-state index >= 15 is 0 Å². The van der Waals surface area contributed by atoms with E-state index in [1.54, 1.807) is 17.6 Å². The second-order valence-corrected chi connectivity index (χ2v) is 7.43. The minimum atomic E-state index is -0.837. The van der Waals surface area contributed by atoms with Crippen LogP contribution in [0.1, 0.15) is 24.4 Å². The molecule has 2 N–H and O–H groups in total. The van der Waals surface area contributed by atoms with Crippen molar-refractivity contribution in [2.75, 3.05) is 0 Å². The first kappa shape index (κ1) is 19.3. The standard InChI is InChI=1S/C12H12ClNO2.C9H8ClN/c1-7-5-9-6-10(13)3-4-11(9)14(7)8(2)12(15)16;1-6-4-7-5-8(10)2-3-9(7)11-6/h3-6,8H,1-2H3,(H,15,16);2-5,11H,1H3. The maximum atomic E-state index is 11.0. The van der Waals surface area contributed by atoms with Crippen LogP contribution in [0.15, 0.2) is 48.5 Å². The summed E-state index contributed by atoms with van der Waals surface area (Å²) in [5, 5.41) is 12.6. The number of nitrogens with zero attached hydrogens (tertiary/aromatic N) is 1. The number of halogens is 2. The number of carboxylic acids is 1. The molecular formula is C21H20Cl2N2O2. The van der Waals surface area contributed by atoms with Crippen molar-refractivity contribution in [1.29, 1.82) is 0 Å². The molecule has 2 aromatic carbocycles. The Kier molecular flexibility index (Phi) is 5.49. The first-order valence-electron chi connectivity index (χ1n) is 8.51. The van der Waals surface area contributed by atoms with Gasteiger partial charge in [-0.1, -0.05) is 23.2 Å². The average molecular weight is 403 g/mol. The lowest BCUT2D eigenvalue weighted by Crippen LogP contribution is -2.16. The van der Waals surface area contributed by atoms with Crippen LogP contribution in [0.5, 0.6) is 0 Å². The van der Waals surface area contributed by atoms with E-state index in [4.69, 9.17) is 28.3 Å². The van der Waals surface area contributed by atoms with E-state index in [0.29, 0.717) is 5.02 Å². The van der Waals surface area contributed by atoms with Crippen LogP contribution in [0.4, 0.5) is 0 Å². The highest BCUT2D eigenvalue weighted by Gasteiger charge is 2.17. The Morgan fingerprint density at radius 3 is 2.30 bits per heavy atom. The third-order valence-electron chi connectivity index (χ3n) is 4.46. The van der Waals surface area contributed by atoms with Crippen LogP contribution in [0.3, 0.4) is 0 Å². The fourth-order valence-corrected chi connectivity index (χ4v) is 3.58. The van der Waals surface area contributed by atoms with Crippen molar-refractivity contribution in [3.8, 4) is 0 Å². The van der Waals surface area contributed by atoms with Crippen LogP contribution in [0.2, 0.25) is 10.0 Å². The zero-order valence-corrected chi connectivity index (χ0v) is 16.8. The molecular weight excluding hydrogens is 383 g/mol. The number of nitrogens with one attached hydrogen (secondary N) is 1. The van der Waals surface area contributed by atoms with Gasteiger partial charge in [0, 0.05) is 43.2 Å². The van der Waals surface area contributed by atoms with Gasteiger partial charge in [-0.3, -0.25) is 0 Å². The van der Waals surface area contributed by atoms with Gasteiger partial charge in [0.1, 0.15) is 6.04 Å². The number of fused-ring (bicyclic) bond motifs is 2. The molecule has 0 aliphatic carbocycles. The summed E-state index contributed by atoms with van der Waals surface area (Å²) in [4.78, 5) is 14.2. The van der Waals surface area contributed by atoms with Gasteiger partial charge < -0.3 is 14.7 Å². The van der Waals surface area contributed by atoms with E-state index < -0.39 is 12.0 Å². The minimum Gasteiger partial charge on any atom is -0.480 e. The van der Waals surface area contributed by atoms with Gasteiger partial charge in [-0.15, -0.1) is 0 Å². The Hall–Kier alpha value is -2.43. The Morgan fingerprint density at radius 2 is 1.63 bits per heavy atom. The van der Waals surface area contributed by atoms with Crippen LogP contribution in [0.25, 0.3) is 21.8 Å². The highest BCUT2D eigenvalue weighted by Crippen LogP contribution is 2.26. The highest BCUT2D eigenvalue weighted by atomic mass is 35.5. The van der Waals surface area contributed by atoms with E-state index in [0.717, 1.165) is 27.1 Å². The fraction of sp³-hybridized carbons (Fsp3) is 0.190. The number of hydrogen-bond acceptors (Lipinski definition) is 1. The summed E-state index contributed by atoms with van der Waals surface area (Å²) in [5.74, 6) is -0.837. The van der Waals surface area contributed by atoms with E-state index in [1.807, 2.05) is 50.2 Å². The summed E-state index contributed by atoms with van der Waals surface area (Å²) in [6.45, 7) is 5.60. The van der Waals surface area contributed by atoms with Gasteiger partial charge in [-0.2, -0.15) is 0 Å². The minimum absolute atomic E-state index is 0.571. The van der Waals surface area contributed by atoms with Gasteiger partial charge >= 0.3 is 5.97 Å². The molecule has 0 fully saturated rings. The lowest BCUT2D eigenvalue weighted by molar-refractivity contribution is -0.140. The quantitative estimate of drug-likeness (QED) is 0.408. The number of H-pyrrole nitrogens is 1. The van der Waals surface area contributed by atoms with E-state index in [-0.39, 0.29) is 0 Å². The third-order valence-corrected chi connectivity index (χ3v) is 4.93. The van der Waals surface area contributed by atoms with E-state index in [1.165, 1.54) is 11.1 Å². The molecule has 27 heavy (non-hydrogen) atoms. The fourth-order valence-electron chi connectivity index (χ4n) is 3.22. The van der Waals surface area contributed by atoms with Crippen LogP contribution in [0, 0.1) is 13.8 Å². The van der Waals surface area contributed by atoms with Crippen molar-refractivity contribution in [3.63, 3.8) is 0 Å². The Bertz CT molecular complexity index is 1130. The summed E-state index contributed by atoms with van der Waals surface area (Å²) in [5.41, 5.74) is 4.14. The average Bonchev–Trinajstić information content (AvgIpc) is 3.11. The number of rotatable bonds is 2. The molecule has 0 aliphatic heterocycles. The predicted molar refractivity (Wildman–Crippen MR) is 112 cm³/mol. The second-order valence-electron chi connectivity index (χ2n) is 6.56. The number of hydrogen-bond donors (Lipinski definition) is 2. The summed E-state index contributed by atoms with van der Waals surface area (Å²) >= 11 is 11.7. The molecule has 0 aliphatic rings. The van der Waals surface area contributed by atoms with Crippen molar-refractivity contribution in [2.45, 2.75) is 26.8 Å². The highest BCUT2D eigenvalue weighted by molar-refractivity contribution is 6.31. The van der Waals surface area contributed by atoms with E-state index in [9.17, 15) is 4.79 Å². The molecule has 4 rings (SSSR count). The Balaban J connectivity index is 0.000000166. The van der Waals surface area contributed by atoms with Gasteiger partial charge in [0.15, 0.2) is 0 Å². The van der Waals surface area contributed by atoms with Crippen molar-refractivity contribution in [3.05, 3.63) is 70.0 Å². The molecule has 0 radical (unpaired) electrons. The van der Waals surface area contributed by atoms with Gasteiger partial charge in [-0.25, -0.2) is 4.79 Å². The molecule has 140 valence electrons. The number of carbonyl (C=O) groups is 1. The second kappa shape index (κ2) is 7.67. The third kappa shape index (κ3) is 4.12. The monoisotopic (exact) mass is 402 g/mol. The summed E-state index contributed by atoms with van der Waals surface area (Å²) in [6.07, 6.45) is 0. The molecule has 0 bridgehead atoms. The van der Waals surface area contributed by atoms with Crippen molar-refractivity contribution in [2.24, 2.45) is 0 Å². The van der Waals surface area contributed by atoms with Crippen LogP contribution < -0.4 is 0 Å². The molecule has 2 aromatic heterocycles. The molecule has 1 atom stereocenters. The Morgan fingerprint density at radius 1 is 1.00 bits per heavy atom. The largest absolute Gasteiger partial charge is 0.480 e. The number of aliphatic carboxylic acids is 1. The molecule has 4 nitrogen and oxygen atoms in total. The molecule has 0 saturated carbocycles. The van der Waals surface area contributed by atoms with Gasteiger partial charge in [0.25, 0.3) is 0 Å². The first-order chi connectivity index (χ1) is 12.8. The zero-order valence-electron chi connectivity index (χ0n) is 15.3. The first-order valence-corrected chi connectivity index (χ1v) is 9.26. The van der Waals surface area contributed by atoms with Crippen molar-refractivity contribution >= 4 is 51.0 Å². The molecule has 0 spiro atoms. The summed E-state index contributed by atoms with van der Waals surface area (Å²) in [7, 11) is 0. The van der Waals surface area contributed by atoms with Gasteiger partial charge in [0.05, 0.1) is 0 Å². The maximum absolute atomic E-state index is 11.0. The normalized spacial score (nSPS) is 12.0. The van der Waals surface area contributed by atoms with Crippen LogP contribution in [-0.2, 0) is 4.79 Å². The van der Waals surface area contributed by atoms with Gasteiger partial charge in [0.2, 0.25) is 0 Å². The number of benzene rings is 2. The molecule has 6 heteroatoms. The molecule has 0 saturated heterocycles. The number of aromatic amines is 1. The Labute approximate surface area is 167 Å². The van der Waals surface area contributed by atoms with Gasteiger partial charge in [-0.05, 0) is 69.3 Å². The molecule has 4 aromatic rings. The van der Waals surface area contributed by atoms with E-state index in [2.05, 4.69) is 11.1 Å². The van der Waals surface area contributed by atoms with Crippen molar-refractivity contribution < 1.29 is 9.90 Å². The molecule has 0 amide bonds. The maximum Gasteiger partial charge on any atom is 0.326 e. The number of aryl methyl sites for hydroxylation is 2. The molecule has 1 unspecified atom stereocenters. The lowest BCUT2D eigenvalue weighted by Gasteiger charge is -2.12. The topological polar surface area (TPSA) is 58.0 Å². The van der Waals surface area contributed by atoms with Crippen LogP contribution >= 0.6 is 23.2 Å². The summed E-state index contributed by atoms with van der Waals surface area (Å²) < 4.78 is 1.80. The SMILES string of the molecule is Cc1cc2cc(Cl)ccc2[nH]1.Cc1cc2cc(Cl)ccc2n1C(C)C(=O)O. The predicted octanol–water partition coefficient (Wildman–Crippen LogP) is 6.38. The zero-order chi connectivity index (χ0) is 19.7. The van der Waals surface area contributed by atoms with Crippen molar-refractivity contribution in [1.82, 2.24) is 9.55 Å².